The Kier molecular flexibility index (Phi) is 5.15. The lowest BCUT2D eigenvalue weighted by molar-refractivity contribution is 0.147. The van der Waals surface area contributed by atoms with Gasteiger partial charge in [-0.25, -0.2) is 9.67 Å². The fourth-order valence-corrected chi connectivity index (χ4v) is 5.00. The van der Waals surface area contributed by atoms with Crippen molar-refractivity contribution in [3.8, 4) is 0 Å². The van der Waals surface area contributed by atoms with Crippen molar-refractivity contribution in [2.45, 2.75) is 50.7 Å². The van der Waals surface area contributed by atoms with E-state index in [1.165, 1.54) is 18.4 Å². The van der Waals surface area contributed by atoms with Gasteiger partial charge in [0, 0.05) is 18.4 Å². The van der Waals surface area contributed by atoms with Crippen LogP contribution in [0.3, 0.4) is 0 Å². The SMILES string of the molecule is S=c1n(CN2CCCC(c3nc4ccccc4o3)C2)nc(C2CC2)n1Cc1ccccc1. The first-order valence-corrected chi connectivity index (χ1v) is 11.9. The molecule has 2 aromatic carbocycles. The van der Waals surface area contributed by atoms with E-state index in [9.17, 15) is 0 Å². The van der Waals surface area contributed by atoms with Gasteiger partial charge in [-0.2, -0.15) is 5.10 Å². The summed E-state index contributed by atoms with van der Waals surface area (Å²) in [5.41, 5.74) is 3.07. The van der Waals surface area contributed by atoms with Crippen molar-refractivity contribution in [2.75, 3.05) is 13.1 Å². The summed E-state index contributed by atoms with van der Waals surface area (Å²) in [6.07, 6.45) is 4.65. The van der Waals surface area contributed by atoms with E-state index < -0.39 is 0 Å². The maximum Gasteiger partial charge on any atom is 0.199 e. The van der Waals surface area contributed by atoms with E-state index in [0.29, 0.717) is 11.8 Å². The molecule has 3 heterocycles. The van der Waals surface area contributed by atoms with Crippen molar-refractivity contribution in [3.63, 3.8) is 0 Å². The number of aromatic nitrogens is 4. The summed E-state index contributed by atoms with van der Waals surface area (Å²) in [5.74, 6) is 2.86. The summed E-state index contributed by atoms with van der Waals surface area (Å²) >= 11 is 5.90. The second kappa shape index (κ2) is 8.30. The predicted octanol–water partition coefficient (Wildman–Crippen LogP) is 5.32. The molecule has 2 aromatic heterocycles. The molecule has 0 radical (unpaired) electrons. The molecule has 1 aliphatic heterocycles. The quantitative estimate of drug-likeness (QED) is 0.376. The third-order valence-electron chi connectivity index (χ3n) is 6.58. The zero-order chi connectivity index (χ0) is 21.5. The van der Waals surface area contributed by atoms with Gasteiger partial charge in [0.05, 0.1) is 13.2 Å². The van der Waals surface area contributed by atoms with Crippen LogP contribution in [-0.2, 0) is 13.2 Å². The minimum atomic E-state index is 0.305. The smallest absolute Gasteiger partial charge is 0.199 e. The van der Waals surface area contributed by atoms with Gasteiger partial charge in [-0.15, -0.1) is 0 Å². The van der Waals surface area contributed by atoms with Gasteiger partial charge in [0.25, 0.3) is 0 Å². The summed E-state index contributed by atoms with van der Waals surface area (Å²) in [7, 11) is 0. The Morgan fingerprint density at radius 1 is 0.969 bits per heavy atom. The van der Waals surface area contributed by atoms with Crippen LogP contribution in [0.15, 0.2) is 59.0 Å². The largest absolute Gasteiger partial charge is 0.440 e. The molecule has 4 aromatic rings. The Morgan fingerprint density at radius 3 is 2.59 bits per heavy atom. The minimum Gasteiger partial charge on any atom is -0.440 e. The molecule has 1 saturated heterocycles. The fourth-order valence-electron chi connectivity index (χ4n) is 4.75. The van der Waals surface area contributed by atoms with E-state index in [2.05, 4.69) is 39.8 Å². The third kappa shape index (κ3) is 3.91. The molecule has 2 aliphatic rings. The van der Waals surface area contributed by atoms with Gasteiger partial charge < -0.3 is 4.42 Å². The van der Waals surface area contributed by atoms with Crippen molar-refractivity contribution in [3.05, 3.63) is 76.6 Å². The van der Waals surface area contributed by atoms with Crippen LogP contribution in [0, 0.1) is 4.77 Å². The summed E-state index contributed by atoms with van der Waals surface area (Å²) in [4.78, 5) is 7.19. The average molecular weight is 446 g/mol. The van der Waals surface area contributed by atoms with Gasteiger partial charge in [-0.3, -0.25) is 9.47 Å². The van der Waals surface area contributed by atoms with E-state index >= 15 is 0 Å². The second-order valence-corrected chi connectivity index (χ2v) is 9.43. The van der Waals surface area contributed by atoms with Crippen molar-refractivity contribution in [1.82, 2.24) is 24.2 Å². The molecule has 1 aliphatic carbocycles. The maximum absolute atomic E-state index is 6.07. The van der Waals surface area contributed by atoms with Crippen LogP contribution in [0.2, 0.25) is 0 Å². The van der Waals surface area contributed by atoms with Crippen LogP contribution < -0.4 is 0 Å². The lowest BCUT2D eigenvalue weighted by Crippen LogP contribution is -2.36. The van der Waals surface area contributed by atoms with Crippen LogP contribution in [0.25, 0.3) is 11.1 Å². The third-order valence-corrected chi connectivity index (χ3v) is 7.01. The van der Waals surface area contributed by atoms with E-state index in [1.807, 2.05) is 28.9 Å². The van der Waals surface area contributed by atoms with E-state index in [1.54, 1.807) is 0 Å². The van der Waals surface area contributed by atoms with Crippen molar-refractivity contribution >= 4 is 23.3 Å². The first-order valence-electron chi connectivity index (χ1n) is 11.5. The van der Waals surface area contributed by atoms with Gasteiger partial charge in [0.2, 0.25) is 0 Å². The lowest BCUT2D eigenvalue weighted by atomic mass is 9.98. The number of hydrogen-bond donors (Lipinski definition) is 0. The van der Waals surface area contributed by atoms with E-state index in [4.69, 9.17) is 26.7 Å². The highest BCUT2D eigenvalue weighted by Crippen LogP contribution is 2.39. The Morgan fingerprint density at radius 2 is 1.78 bits per heavy atom. The van der Waals surface area contributed by atoms with E-state index in [0.717, 1.165) is 66.7 Å². The topological polar surface area (TPSA) is 52.0 Å². The standard InChI is InChI=1S/C25H27N5OS/c32-25-29(15-18-7-2-1-3-8-18)23(19-12-13-19)27-30(25)17-28-14-6-9-20(16-28)24-26-21-10-4-5-11-22(21)31-24/h1-5,7-8,10-11,19-20H,6,9,12-17H2. The normalized spacial score (nSPS) is 19.6. The van der Waals surface area contributed by atoms with Gasteiger partial charge in [0.15, 0.2) is 16.2 Å². The Balaban J connectivity index is 1.22. The summed E-state index contributed by atoms with van der Waals surface area (Å²) in [5, 5.41) is 4.99. The molecular weight excluding hydrogens is 418 g/mol. The zero-order valence-corrected chi connectivity index (χ0v) is 18.9. The van der Waals surface area contributed by atoms with Crippen LogP contribution >= 0.6 is 12.2 Å². The van der Waals surface area contributed by atoms with Crippen molar-refractivity contribution in [2.24, 2.45) is 0 Å². The highest BCUT2D eigenvalue weighted by Gasteiger charge is 2.31. The van der Waals surface area contributed by atoms with Gasteiger partial charge in [0.1, 0.15) is 11.3 Å². The first kappa shape index (κ1) is 19.9. The first-order chi connectivity index (χ1) is 15.7. The van der Waals surface area contributed by atoms with Crippen molar-refractivity contribution < 1.29 is 4.42 Å². The molecule has 1 saturated carbocycles. The molecule has 0 amide bonds. The number of hydrogen-bond acceptors (Lipinski definition) is 5. The number of benzene rings is 2. The van der Waals surface area contributed by atoms with E-state index in [-0.39, 0.29) is 0 Å². The molecule has 2 fully saturated rings. The second-order valence-electron chi connectivity index (χ2n) is 9.06. The number of likely N-dealkylation sites (tertiary alicyclic amines) is 1. The molecule has 0 spiro atoms. The molecule has 0 bridgehead atoms. The Labute approximate surface area is 192 Å². The number of oxazole rings is 1. The Bertz CT molecular complexity index is 1250. The molecule has 1 unspecified atom stereocenters. The number of nitrogens with zero attached hydrogens (tertiary/aromatic N) is 5. The zero-order valence-electron chi connectivity index (χ0n) is 18.1. The van der Waals surface area contributed by atoms with Gasteiger partial charge in [-0.1, -0.05) is 42.5 Å². The minimum absolute atomic E-state index is 0.305. The number of piperidine rings is 1. The van der Waals surface area contributed by atoms with Crippen LogP contribution in [-0.4, -0.2) is 37.3 Å². The average Bonchev–Trinajstić information content (AvgIpc) is 3.51. The van der Waals surface area contributed by atoms with Crippen LogP contribution in [0.1, 0.15) is 54.8 Å². The fraction of sp³-hybridized carbons (Fsp3) is 0.400. The number of rotatable bonds is 6. The Hall–Kier alpha value is -2.77. The van der Waals surface area contributed by atoms with Crippen LogP contribution in [0.5, 0.6) is 0 Å². The molecule has 164 valence electrons. The number of para-hydroxylation sites is 2. The summed E-state index contributed by atoms with van der Waals surface area (Å²) < 4.78 is 11.2. The molecule has 32 heavy (non-hydrogen) atoms. The summed E-state index contributed by atoms with van der Waals surface area (Å²) in [6.45, 7) is 3.47. The number of fused-ring (bicyclic) bond motifs is 1. The highest BCUT2D eigenvalue weighted by molar-refractivity contribution is 7.71. The van der Waals surface area contributed by atoms with Crippen LogP contribution in [0.4, 0.5) is 0 Å². The molecule has 7 heteroatoms. The van der Waals surface area contributed by atoms with Gasteiger partial charge >= 0.3 is 0 Å². The molecule has 6 rings (SSSR count). The molecule has 6 nitrogen and oxygen atoms in total. The van der Waals surface area contributed by atoms with Gasteiger partial charge in [-0.05, 0) is 62.1 Å². The molecule has 0 N–H and O–H groups in total. The molecular formula is C25H27N5OS. The lowest BCUT2D eigenvalue weighted by Gasteiger charge is -2.30. The summed E-state index contributed by atoms with van der Waals surface area (Å²) in [6, 6.07) is 18.5. The van der Waals surface area contributed by atoms with Crippen molar-refractivity contribution in [1.29, 1.82) is 0 Å². The molecule has 1 atom stereocenters. The highest BCUT2D eigenvalue weighted by atomic mass is 32.1. The predicted molar refractivity (Wildman–Crippen MR) is 126 cm³/mol. The monoisotopic (exact) mass is 445 g/mol. The maximum atomic E-state index is 6.07.